The molecule has 2 aliphatic rings. The first kappa shape index (κ1) is 11.4. The highest BCUT2D eigenvalue weighted by atomic mass is 16.1. The molecule has 1 nitrogen and oxygen atoms in total. The molecule has 0 N–H and O–H groups in total. The van der Waals surface area contributed by atoms with Gasteiger partial charge in [-0.3, -0.25) is 4.79 Å². The molecule has 0 heterocycles. The van der Waals surface area contributed by atoms with Gasteiger partial charge in [-0.25, -0.2) is 0 Å². The van der Waals surface area contributed by atoms with E-state index in [2.05, 4.69) is 45.9 Å². The second-order valence-electron chi connectivity index (χ2n) is 6.11. The summed E-state index contributed by atoms with van der Waals surface area (Å²) in [6, 6.07) is 0. The highest BCUT2D eigenvalue weighted by Gasteiger charge is 2.49. The van der Waals surface area contributed by atoms with Crippen molar-refractivity contribution in [3.05, 3.63) is 36.0 Å². The second kappa shape index (κ2) is 3.44. The van der Waals surface area contributed by atoms with Gasteiger partial charge in [0, 0.05) is 6.42 Å². The van der Waals surface area contributed by atoms with Gasteiger partial charge >= 0.3 is 0 Å². The lowest BCUT2D eigenvalue weighted by molar-refractivity contribution is -0.122. The Labute approximate surface area is 97.9 Å². The van der Waals surface area contributed by atoms with Crippen LogP contribution in [0.25, 0.3) is 0 Å². The highest BCUT2D eigenvalue weighted by molar-refractivity contribution is 5.94. The molecule has 0 bridgehead atoms. The van der Waals surface area contributed by atoms with E-state index in [-0.39, 0.29) is 10.8 Å². The lowest BCUT2D eigenvalue weighted by atomic mass is 9.73. The number of hydrogen-bond donors (Lipinski definition) is 0. The van der Waals surface area contributed by atoms with Crippen LogP contribution >= 0.6 is 0 Å². The van der Waals surface area contributed by atoms with E-state index in [9.17, 15) is 4.79 Å². The standard InChI is InChI=1S/C15H20O/c1-14(2,3)12-10-13(16)15(4)9-7-5-6-8-11(12)15/h5-9,12H,10H2,1-4H3/t12-,15?/m1/s1. The van der Waals surface area contributed by atoms with Crippen LogP contribution in [-0.4, -0.2) is 5.78 Å². The third-order valence-electron chi connectivity index (χ3n) is 3.92. The zero-order chi connectivity index (χ0) is 12.0. The number of hydrogen-bond acceptors (Lipinski definition) is 1. The number of carbonyl (C=O) groups is 1. The minimum atomic E-state index is -0.360. The summed E-state index contributed by atoms with van der Waals surface area (Å²) in [4.78, 5) is 12.2. The summed E-state index contributed by atoms with van der Waals surface area (Å²) < 4.78 is 0. The summed E-state index contributed by atoms with van der Waals surface area (Å²) in [5.41, 5.74) is 1.09. The Morgan fingerprint density at radius 1 is 1.25 bits per heavy atom. The number of fused-ring (bicyclic) bond motifs is 1. The predicted octanol–water partition coefficient (Wildman–Crippen LogP) is 3.68. The van der Waals surface area contributed by atoms with Crippen LogP contribution in [0.5, 0.6) is 0 Å². The van der Waals surface area contributed by atoms with Gasteiger partial charge in [-0.2, -0.15) is 0 Å². The van der Waals surface area contributed by atoms with E-state index >= 15 is 0 Å². The van der Waals surface area contributed by atoms with Crippen LogP contribution in [0.4, 0.5) is 0 Å². The van der Waals surface area contributed by atoms with E-state index in [0.29, 0.717) is 18.1 Å². The summed E-state index contributed by atoms with van der Waals surface area (Å²) >= 11 is 0. The van der Waals surface area contributed by atoms with Crippen LogP contribution in [0.2, 0.25) is 0 Å². The summed E-state index contributed by atoms with van der Waals surface area (Å²) in [6.07, 6.45) is 10.9. The molecule has 2 atom stereocenters. The molecule has 0 amide bonds. The Morgan fingerprint density at radius 3 is 2.56 bits per heavy atom. The van der Waals surface area contributed by atoms with Crippen molar-refractivity contribution in [1.29, 1.82) is 0 Å². The normalized spacial score (nSPS) is 33.6. The van der Waals surface area contributed by atoms with Crippen LogP contribution in [0.15, 0.2) is 36.0 Å². The van der Waals surface area contributed by atoms with Crippen molar-refractivity contribution in [3.8, 4) is 0 Å². The molecule has 2 rings (SSSR count). The van der Waals surface area contributed by atoms with Gasteiger partial charge in [0.2, 0.25) is 0 Å². The molecule has 86 valence electrons. The average Bonchev–Trinajstić information content (AvgIpc) is 2.35. The average molecular weight is 216 g/mol. The minimum Gasteiger partial charge on any atom is -0.298 e. The molecule has 1 unspecified atom stereocenters. The topological polar surface area (TPSA) is 17.1 Å². The number of Topliss-reactive ketones (excluding diaryl/α,β-unsaturated/α-hetero) is 1. The number of allylic oxidation sites excluding steroid dienone is 6. The third-order valence-corrected chi connectivity index (χ3v) is 3.92. The smallest absolute Gasteiger partial charge is 0.147 e. The van der Waals surface area contributed by atoms with Crippen LogP contribution in [-0.2, 0) is 4.79 Å². The molecule has 0 radical (unpaired) electrons. The molecular weight excluding hydrogens is 196 g/mol. The number of ketones is 1. The number of rotatable bonds is 0. The lowest BCUT2D eigenvalue weighted by Crippen LogP contribution is -2.23. The first-order valence-corrected chi connectivity index (χ1v) is 5.95. The molecule has 0 saturated heterocycles. The van der Waals surface area contributed by atoms with Crippen molar-refractivity contribution in [2.45, 2.75) is 34.1 Å². The van der Waals surface area contributed by atoms with Gasteiger partial charge in [0.1, 0.15) is 5.78 Å². The summed E-state index contributed by atoms with van der Waals surface area (Å²) in [5.74, 6) is 0.732. The quantitative estimate of drug-likeness (QED) is 0.603. The van der Waals surface area contributed by atoms with Crippen molar-refractivity contribution >= 4 is 5.78 Å². The zero-order valence-corrected chi connectivity index (χ0v) is 10.6. The van der Waals surface area contributed by atoms with Crippen LogP contribution in [0.1, 0.15) is 34.1 Å². The molecule has 1 fully saturated rings. The maximum absolute atomic E-state index is 12.2. The summed E-state index contributed by atoms with van der Waals surface area (Å²) in [7, 11) is 0. The van der Waals surface area contributed by atoms with E-state index in [1.165, 1.54) is 5.57 Å². The van der Waals surface area contributed by atoms with Crippen LogP contribution < -0.4 is 0 Å². The van der Waals surface area contributed by atoms with E-state index in [1.54, 1.807) is 0 Å². The van der Waals surface area contributed by atoms with Crippen LogP contribution in [0, 0.1) is 16.7 Å². The fourth-order valence-corrected chi connectivity index (χ4v) is 2.75. The van der Waals surface area contributed by atoms with Gasteiger partial charge in [0.25, 0.3) is 0 Å². The van der Waals surface area contributed by atoms with Gasteiger partial charge < -0.3 is 0 Å². The van der Waals surface area contributed by atoms with E-state index < -0.39 is 0 Å². The van der Waals surface area contributed by atoms with Gasteiger partial charge in [-0.05, 0) is 23.8 Å². The Kier molecular flexibility index (Phi) is 2.45. The first-order chi connectivity index (χ1) is 7.36. The van der Waals surface area contributed by atoms with Crippen molar-refractivity contribution in [2.24, 2.45) is 16.7 Å². The molecule has 0 aromatic heterocycles. The second-order valence-corrected chi connectivity index (χ2v) is 6.11. The Morgan fingerprint density at radius 2 is 1.94 bits per heavy atom. The van der Waals surface area contributed by atoms with E-state index in [0.717, 1.165) is 0 Å². The fraction of sp³-hybridized carbons (Fsp3) is 0.533. The summed E-state index contributed by atoms with van der Waals surface area (Å²) in [5, 5.41) is 0. The van der Waals surface area contributed by atoms with Gasteiger partial charge in [-0.1, -0.05) is 51.2 Å². The summed E-state index contributed by atoms with van der Waals surface area (Å²) in [6.45, 7) is 8.71. The van der Waals surface area contributed by atoms with Crippen molar-refractivity contribution in [2.75, 3.05) is 0 Å². The molecule has 0 aromatic carbocycles. The number of carbonyl (C=O) groups excluding carboxylic acids is 1. The first-order valence-electron chi connectivity index (χ1n) is 5.95. The maximum Gasteiger partial charge on any atom is 0.147 e. The maximum atomic E-state index is 12.2. The molecule has 1 heteroatoms. The van der Waals surface area contributed by atoms with Gasteiger partial charge in [0.05, 0.1) is 5.41 Å². The van der Waals surface area contributed by atoms with Gasteiger partial charge in [0.15, 0.2) is 0 Å². The molecule has 0 aliphatic heterocycles. The molecule has 16 heavy (non-hydrogen) atoms. The molecule has 0 spiro atoms. The van der Waals surface area contributed by atoms with E-state index in [4.69, 9.17) is 0 Å². The van der Waals surface area contributed by atoms with Crippen molar-refractivity contribution < 1.29 is 4.79 Å². The lowest BCUT2D eigenvalue weighted by Gasteiger charge is -2.30. The Bertz CT molecular complexity index is 404. The SMILES string of the molecule is CC12C=CC=CC=C1[C@H](C(C)(C)C)CC2=O. The van der Waals surface area contributed by atoms with Crippen molar-refractivity contribution in [3.63, 3.8) is 0 Å². The minimum absolute atomic E-state index is 0.158. The molecule has 1 saturated carbocycles. The molecular formula is C15H20O. The van der Waals surface area contributed by atoms with E-state index in [1.807, 2.05) is 12.2 Å². The highest BCUT2D eigenvalue weighted by Crippen LogP contribution is 2.51. The largest absolute Gasteiger partial charge is 0.298 e. The molecule has 0 aromatic rings. The van der Waals surface area contributed by atoms with Gasteiger partial charge in [-0.15, -0.1) is 0 Å². The fourth-order valence-electron chi connectivity index (χ4n) is 2.75. The Hall–Kier alpha value is -1.11. The molecule has 2 aliphatic carbocycles. The Balaban J connectivity index is 2.51. The van der Waals surface area contributed by atoms with Crippen LogP contribution in [0.3, 0.4) is 0 Å². The predicted molar refractivity (Wildman–Crippen MR) is 67.0 cm³/mol. The monoisotopic (exact) mass is 216 g/mol. The third kappa shape index (κ3) is 1.59. The zero-order valence-electron chi connectivity index (χ0n) is 10.6. The van der Waals surface area contributed by atoms with Crippen molar-refractivity contribution in [1.82, 2.24) is 0 Å².